The Bertz CT molecular complexity index is 777. The summed E-state index contributed by atoms with van der Waals surface area (Å²) < 4.78 is 0. The largest absolute Gasteiger partial charge is 0.509 e. The Morgan fingerprint density at radius 2 is 2.00 bits per heavy atom. The van der Waals surface area contributed by atoms with Gasteiger partial charge in [-0.15, -0.1) is 0 Å². The molecule has 1 aliphatic rings. The maximum atomic E-state index is 10.3. The van der Waals surface area contributed by atoms with Crippen LogP contribution in [0.15, 0.2) is 30.0 Å². The van der Waals surface area contributed by atoms with Crippen LogP contribution >= 0.6 is 0 Å². The van der Waals surface area contributed by atoms with E-state index in [4.69, 9.17) is 0 Å². The van der Waals surface area contributed by atoms with Gasteiger partial charge in [-0.2, -0.15) is 5.26 Å². The minimum absolute atomic E-state index is 0.00943. The fraction of sp³-hybridized carbons (Fsp3) is 0.267. The van der Waals surface area contributed by atoms with Crippen molar-refractivity contribution in [2.45, 2.75) is 19.4 Å². The molecule has 6 heteroatoms. The Kier molecular flexibility index (Phi) is 3.20. The van der Waals surface area contributed by atoms with Crippen molar-refractivity contribution in [3.05, 3.63) is 35.7 Å². The molecule has 1 aromatic carbocycles. The second-order valence-electron chi connectivity index (χ2n) is 4.91. The summed E-state index contributed by atoms with van der Waals surface area (Å²) >= 11 is 0. The molecule has 1 unspecified atom stereocenters. The number of aromatic nitrogens is 2. The molecule has 0 spiro atoms. The third kappa shape index (κ3) is 2.08. The lowest BCUT2D eigenvalue weighted by molar-refractivity contribution is 0.338. The zero-order valence-corrected chi connectivity index (χ0v) is 11.8. The van der Waals surface area contributed by atoms with E-state index in [9.17, 15) is 10.4 Å². The Labute approximate surface area is 122 Å². The molecule has 1 atom stereocenters. The van der Waals surface area contributed by atoms with Gasteiger partial charge in [0.15, 0.2) is 5.82 Å². The molecule has 21 heavy (non-hydrogen) atoms. The Balaban J connectivity index is 2.32. The van der Waals surface area contributed by atoms with Crippen molar-refractivity contribution in [2.24, 2.45) is 0 Å². The van der Waals surface area contributed by atoms with E-state index in [0.29, 0.717) is 23.4 Å². The first-order valence-corrected chi connectivity index (χ1v) is 6.76. The molecule has 2 aromatic rings. The molecule has 0 saturated carbocycles. The minimum atomic E-state index is -0.330. The maximum absolute atomic E-state index is 10.3. The molecule has 0 amide bonds. The number of nitrogens with one attached hydrogen (secondary N) is 1. The number of anilines is 1. The van der Waals surface area contributed by atoms with Crippen molar-refractivity contribution in [1.82, 2.24) is 15.4 Å². The van der Waals surface area contributed by atoms with Gasteiger partial charge in [-0.1, -0.05) is 19.1 Å². The molecule has 0 radical (unpaired) electrons. The average molecular weight is 281 g/mol. The van der Waals surface area contributed by atoms with Crippen molar-refractivity contribution in [2.75, 3.05) is 12.1 Å². The fourth-order valence-corrected chi connectivity index (χ4v) is 2.44. The highest BCUT2D eigenvalue weighted by Gasteiger charge is 2.28. The first kappa shape index (κ1) is 13.3. The summed E-state index contributed by atoms with van der Waals surface area (Å²) in [5, 5.41) is 21.5. The predicted molar refractivity (Wildman–Crippen MR) is 80.3 cm³/mol. The third-order valence-electron chi connectivity index (χ3n) is 3.56. The molecule has 1 aliphatic heterocycles. The molecule has 6 nitrogen and oxygen atoms in total. The minimum Gasteiger partial charge on any atom is -0.509 e. The van der Waals surface area contributed by atoms with Gasteiger partial charge in [0.1, 0.15) is 23.1 Å². The highest BCUT2D eigenvalue weighted by molar-refractivity contribution is 5.87. The summed E-state index contributed by atoms with van der Waals surface area (Å²) in [6.45, 7) is 1.93. The van der Waals surface area contributed by atoms with Crippen LogP contribution in [0, 0.1) is 11.3 Å². The van der Waals surface area contributed by atoms with Crippen LogP contribution in [-0.2, 0) is 0 Å². The van der Waals surface area contributed by atoms with E-state index >= 15 is 0 Å². The van der Waals surface area contributed by atoms with E-state index in [1.54, 1.807) is 12.1 Å². The normalized spacial score (nSPS) is 18.3. The number of allylic oxidation sites excluding steroid dienone is 1. The fourth-order valence-electron chi connectivity index (χ4n) is 2.44. The number of nitriles is 1. The Morgan fingerprint density at radius 1 is 1.33 bits per heavy atom. The van der Waals surface area contributed by atoms with Crippen LogP contribution in [0.5, 0.6) is 0 Å². The van der Waals surface area contributed by atoms with Gasteiger partial charge in [-0.3, -0.25) is 5.01 Å². The number of hydrogen-bond acceptors (Lipinski definition) is 6. The number of aliphatic hydroxyl groups excluding tert-OH is 1. The lowest BCUT2D eigenvalue weighted by atomic mass is 10.1. The summed E-state index contributed by atoms with van der Waals surface area (Å²) in [6, 6.07) is 9.19. The molecule has 0 saturated heterocycles. The van der Waals surface area contributed by atoms with Crippen LogP contribution < -0.4 is 10.4 Å². The van der Waals surface area contributed by atoms with Crippen molar-refractivity contribution in [3.63, 3.8) is 0 Å². The number of hydrogen-bond donors (Lipinski definition) is 2. The van der Waals surface area contributed by atoms with Gasteiger partial charge in [-0.25, -0.2) is 15.4 Å². The second-order valence-corrected chi connectivity index (χ2v) is 4.91. The van der Waals surface area contributed by atoms with Crippen LogP contribution in [-0.4, -0.2) is 28.2 Å². The Morgan fingerprint density at radius 3 is 2.62 bits per heavy atom. The van der Waals surface area contributed by atoms with E-state index in [0.717, 1.165) is 5.52 Å². The van der Waals surface area contributed by atoms with Gasteiger partial charge < -0.3 is 5.11 Å². The number of fused-ring (bicyclic) bond motifs is 2. The van der Waals surface area contributed by atoms with E-state index in [1.807, 2.05) is 31.2 Å². The summed E-state index contributed by atoms with van der Waals surface area (Å²) in [4.78, 5) is 9.08. The monoisotopic (exact) mass is 281 g/mol. The summed E-state index contributed by atoms with van der Waals surface area (Å²) in [5.74, 6) is 0.544. The van der Waals surface area contributed by atoms with Crippen LogP contribution in [0.4, 0.5) is 5.82 Å². The van der Waals surface area contributed by atoms with Gasteiger partial charge in [-0.05, 0) is 18.6 Å². The number of nitrogens with zero attached hydrogens (tertiary/aromatic N) is 4. The SMILES string of the molecule is CCC1NN(C)c2nc3ccccc3nc2C(C#N)=C1O. The smallest absolute Gasteiger partial charge is 0.170 e. The van der Waals surface area contributed by atoms with Gasteiger partial charge >= 0.3 is 0 Å². The van der Waals surface area contributed by atoms with Crippen molar-refractivity contribution in [1.29, 1.82) is 5.26 Å². The van der Waals surface area contributed by atoms with Crippen molar-refractivity contribution >= 4 is 22.4 Å². The number of para-hydroxylation sites is 2. The van der Waals surface area contributed by atoms with Gasteiger partial charge in [0.05, 0.1) is 17.1 Å². The van der Waals surface area contributed by atoms with Crippen molar-refractivity contribution in [3.8, 4) is 6.07 Å². The first-order chi connectivity index (χ1) is 10.2. The maximum Gasteiger partial charge on any atom is 0.170 e. The molecule has 2 N–H and O–H groups in total. The van der Waals surface area contributed by atoms with E-state index < -0.39 is 0 Å². The molecule has 2 heterocycles. The quantitative estimate of drug-likeness (QED) is 0.833. The molecule has 106 valence electrons. The highest BCUT2D eigenvalue weighted by Crippen LogP contribution is 2.30. The molecular weight excluding hydrogens is 266 g/mol. The number of aliphatic hydroxyl groups is 1. The molecule has 1 aromatic heterocycles. The molecule has 0 aliphatic carbocycles. The third-order valence-corrected chi connectivity index (χ3v) is 3.56. The topological polar surface area (TPSA) is 85.1 Å². The van der Waals surface area contributed by atoms with Gasteiger partial charge in [0.25, 0.3) is 0 Å². The van der Waals surface area contributed by atoms with E-state index in [1.165, 1.54) is 0 Å². The van der Waals surface area contributed by atoms with Crippen LogP contribution in [0.2, 0.25) is 0 Å². The standard InChI is InChI=1S/C15H15N5O/c1-3-10-14(21)9(8-16)13-15(20(2)19-10)18-12-7-5-4-6-11(12)17-13/h4-7,10,19,21H,3H2,1-2H3. The lowest BCUT2D eigenvalue weighted by Crippen LogP contribution is -2.42. The number of rotatable bonds is 1. The predicted octanol–water partition coefficient (Wildman–Crippen LogP) is 2.16. The van der Waals surface area contributed by atoms with E-state index in [-0.39, 0.29) is 17.4 Å². The molecule has 0 bridgehead atoms. The van der Waals surface area contributed by atoms with E-state index in [2.05, 4.69) is 21.5 Å². The number of benzene rings is 1. The van der Waals surface area contributed by atoms with Gasteiger partial charge in [0.2, 0.25) is 0 Å². The second kappa shape index (κ2) is 5.04. The molecule has 0 fully saturated rings. The zero-order valence-electron chi connectivity index (χ0n) is 11.8. The highest BCUT2D eigenvalue weighted by atomic mass is 16.3. The lowest BCUT2D eigenvalue weighted by Gasteiger charge is -2.23. The summed E-state index contributed by atoms with van der Waals surface area (Å²) in [7, 11) is 1.80. The summed E-state index contributed by atoms with van der Waals surface area (Å²) in [5.41, 5.74) is 5.15. The Hall–Kier alpha value is -2.65. The molecular formula is C15H15N5O. The van der Waals surface area contributed by atoms with Crippen molar-refractivity contribution < 1.29 is 5.11 Å². The zero-order chi connectivity index (χ0) is 15.0. The first-order valence-electron chi connectivity index (χ1n) is 6.76. The van der Waals surface area contributed by atoms with Crippen LogP contribution in [0.3, 0.4) is 0 Å². The van der Waals surface area contributed by atoms with Crippen LogP contribution in [0.25, 0.3) is 16.6 Å². The average Bonchev–Trinajstić information content (AvgIpc) is 2.60. The van der Waals surface area contributed by atoms with Crippen LogP contribution in [0.1, 0.15) is 19.0 Å². The summed E-state index contributed by atoms with van der Waals surface area (Å²) in [6.07, 6.45) is 0.648. The van der Waals surface area contributed by atoms with Gasteiger partial charge in [0, 0.05) is 7.05 Å². The molecule has 3 rings (SSSR count). The number of hydrazine groups is 1.